The lowest BCUT2D eigenvalue weighted by molar-refractivity contribution is 0.0937. The minimum absolute atomic E-state index is 0.192. The van der Waals surface area contributed by atoms with Crippen LogP contribution in [0.3, 0.4) is 0 Å². The Hall–Kier alpha value is -3.73. The van der Waals surface area contributed by atoms with Crippen LogP contribution in [0.5, 0.6) is 0 Å². The molecule has 2 aromatic heterocycles. The highest BCUT2D eigenvalue weighted by Crippen LogP contribution is 2.27. The van der Waals surface area contributed by atoms with E-state index in [0.29, 0.717) is 5.69 Å². The highest BCUT2D eigenvalue weighted by Gasteiger charge is 2.23. The first-order valence-electron chi connectivity index (χ1n) is 9.52. The maximum Gasteiger partial charge on any atom is 0.270 e. The van der Waals surface area contributed by atoms with Gasteiger partial charge in [0.15, 0.2) is 0 Å². The Kier molecular flexibility index (Phi) is 5.20. The van der Waals surface area contributed by atoms with E-state index in [4.69, 9.17) is 0 Å². The van der Waals surface area contributed by atoms with Gasteiger partial charge < -0.3 is 5.32 Å². The molecule has 2 heterocycles. The molecule has 1 unspecified atom stereocenters. The molecule has 0 aliphatic carbocycles. The van der Waals surface area contributed by atoms with E-state index < -0.39 is 0 Å². The molecular weight excluding hydrogens is 360 g/mol. The zero-order valence-electron chi connectivity index (χ0n) is 16.4. The number of pyridine rings is 1. The van der Waals surface area contributed by atoms with E-state index in [1.165, 1.54) is 0 Å². The predicted molar refractivity (Wildman–Crippen MR) is 113 cm³/mol. The van der Waals surface area contributed by atoms with Crippen molar-refractivity contribution in [2.75, 3.05) is 0 Å². The average Bonchev–Trinajstić information content (AvgIpc) is 3.15. The second-order valence-corrected chi connectivity index (χ2v) is 6.98. The van der Waals surface area contributed by atoms with Crippen LogP contribution in [0, 0.1) is 13.8 Å². The first-order chi connectivity index (χ1) is 14.1. The standard InChI is InChI=1S/C24H22N4O/c1-16-8-6-7-11-20(16)23(19-12-14-25-15-13-19)26-24(29)22-17(2)21(27-28-22)18-9-4-3-5-10-18/h3-15,23H,1-2H3,(H,26,29)(H,27,28). The van der Waals surface area contributed by atoms with Crippen LogP contribution >= 0.6 is 0 Å². The van der Waals surface area contributed by atoms with Crippen molar-refractivity contribution in [3.63, 3.8) is 0 Å². The number of nitrogens with one attached hydrogen (secondary N) is 2. The Morgan fingerprint density at radius 3 is 2.34 bits per heavy atom. The van der Waals surface area contributed by atoms with E-state index in [9.17, 15) is 4.79 Å². The number of rotatable bonds is 5. The van der Waals surface area contributed by atoms with E-state index >= 15 is 0 Å². The molecule has 0 spiro atoms. The summed E-state index contributed by atoms with van der Waals surface area (Å²) in [4.78, 5) is 17.3. The molecule has 4 aromatic rings. The number of benzene rings is 2. The third kappa shape index (κ3) is 3.80. The Morgan fingerprint density at radius 1 is 0.931 bits per heavy atom. The predicted octanol–water partition coefficient (Wildman–Crippen LogP) is 4.61. The number of hydrogen-bond acceptors (Lipinski definition) is 3. The molecule has 0 bridgehead atoms. The summed E-state index contributed by atoms with van der Waals surface area (Å²) in [5.74, 6) is -0.192. The largest absolute Gasteiger partial charge is 0.340 e. The molecule has 5 heteroatoms. The fourth-order valence-electron chi connectivity index (χ4n) is 3.51. The number of hydrogen-bond donors (Lipinski definition) is 2. The molecule has 0 aliphatic rings. The van der Waals surface area contributed by atoms with Gasteiger partial charge in [0.1, 0.15) is 5.69 Å². The van der Waals surface area contributed by atoms with Crippen molar-refractivity contribution in [2.24, 2.45) is 0 Å². The van der Waals surface area contributed by atoms with E-state index in [1.807, 2.05) is 80.6 Å². The highest BCUT2D eigenvalue weighted by atomic mass is 16.2. The molecule has 29 heavy (non-hydrogen) atoms. The molecule has 2 N–H and O–H groups in total. The summed E-state index contributed by atoms with van der Waals surface area (Å²) in [6.07, 6.45) is 3.48. The van der Waals surface area contributed by atoms with Gasteiger partial charge in [-0.2, -0.15) is 5.10 Å². The summed E-state index contributed by atoms with van der Waals surface area (Å²) in [5.41, 5.74) is 6.19. The summed E-state index contributed by atoms with van der Waals surface area (Å²) in [6.45, 7) is 3.96. The van der Waals surface area contributed by atoms with Gasteiger partial charge in [0, 0.05) is 23.5 Å². The number of carbonyl (C=O) groups is 1. The van der Waals surface area contributed by atoms with Crippen LogP contribution in [0.2, 0.25) is 0 Å². The third-order valence-corrected chi connectivity index (χ3v) is 5.10. The van der Waals surface area contributed by atoms with Crippen LogP contribution in [0.1, 0.15) is 38.8 Å². The Labute approximate surface area is 169 Å². The lowest BCUT2D eigenvalue weighted by Gasteiger charge is -2.21. The van der Waals surface area contributed by atoms with E-state index in [1.54, 1.807) is 12.4 Å². The van der Waals surface area contributed by atoms with Crippen molar-refractivity contribution in [3.8, 4) is 11.3 Å². The molecule has 0 aliphatic heterocycles. The molecule has 2 aromatic carbocycles. The topological polar surface area (TPSA) is 70.7 Å². The lowest BCUT2D eigenvalue weighted by atomic mass is 9.95. The number of aryl methyl sites for hydroxylation is 1. The maximum absolute atomic E-state index is 13.2. The number of nitrogens with zero attached hydrogens (tertiary/aromatic N) is 2. The van der Waals surface area contributed by atoms with Crippen molar-refractivity contribution < 1.29 is 4.79 Å². The van der Waals surface area contributed by atoms with Crippen LogP contribution < -0.4 is 5.32 Å². The number of carbonyl (C=O) groups excluding carboxylic acids is 1. The van der Waals surface area contributed by atoms with Crippen LogP contribution in [-0.2, 0) is 0 Å². The third-order valence-electron chi connectivity index (χ3n) is 5.10. The SMILES string of the molecule is Cc1ccccc1C(NC(=O)c1[nH]nc(-c2ccccc2)c1C)c1ccncc1. The number of H-pyrrole nitrogens is 1. The molecule has 4 rings (SSSR count). The Bertz CT molecular complexity index is 1120. The zero-order valence-corrected chi connectivity index (χ0v) is 16.4. The van der Waals surface area contributed by atoms with Gasteiger partial charge in [0.25, 0.3) is 5.91 Å². The number of amides is 1. The van der Waals surface area contributed by atoms with Gasteiger partial charge in [-0.3, -0.25) is 14.9 Å². The summed E-state index contributed by atoms with van der Waals surface area (Å²) < 4.78 is 0. The van der Waals surface area contributed by atoms with Gasteiger partial charge in [-0.1, -0.05) is 54.6 Å². The molecule has 144 valence electrons. The van der Waals surface area contributed by atoms with Gasteiger partial charge in [0.2, 0.25) is 0 Å². The summed E-state index contributed by atoms with van der Waals surface area (Å²) >= 11 is 0. The first-order valence-corrected chi connectivity index (χ1v) is 9.52. The first kappa shape index (κ1) is 18.6. The van der Waals surface area contributed by atoms with Gasteiger partial charge in [-0.15, -0.1) is 0 Å². The highest BCUT2D eigenvalue weighted by molar-refractivity contribution is 5.95. The maximum atomic E-state index is 13.2. The van der Waals surface area contributed by atoms with Crippen LogP contribution in [0.4, 0.5) is 0 Å². The van der Waals surface area contributed by atoms with Crippen molar-refractivity contribution >= 4 is 5.91 Å². The zero-order chi connectivity index (χ0) is 20.2. The van der Waals surface area contributed by atoms with E-state index in [2.05, 4.69) is 20.5 Å². The number of aromatic amines is 1. The van der Waals surface area contributed by atoms with Crippen LogP contribution in [0.25, 0.3) is 11.3 Å². The number of aromatic nitrogens is 3. The molecule has 0 radical (unpaired) electrons. The quantitative estimate of drug-likeness (QED) is 0.530. The van der Waals surface area contributed by atoms with Crippen molar-refractivity contribution in [1.82, 2.24) is 20.5 Å². The van der Waals surface area contributed by atoms with Crippen molar-refractivity contribution in [3.05, 3.63) is 107 Å². The van der Waals surface area contributed by atoms with Crippen molar-refractivity contribution in [1.29, 1.82) is 0 Å². The van der Waals surface area contributed by atoms with Crippen molar-refractivity contribution in [2.45, 2.75) is 19.9 Å². The van der Waals surface area contributed by atoms with Gasteiger partial charge in [-0.25, -0.2) is 0 Å². The molecule has 1 atom stereocenters. The lowest BCUT2D eigenvalue weighted by Crippen LogP contribution is -2.30. The Morgan fingerprint density at radius 2 is 1.62 bits per heavy atom. The molecule has 5 nitrogen and oxygen atoms in total. The average molecular weight is 382 g/mol. The minimum atomic E-state index is -0.283. The fraction of sp³-hybridized carbons (Fsp3) is 0.125. The van der Waals surface area contributed by atoms with Gasteiger partial charge in [-0.05, 0) is 42.7 Å². The van der Waals surface area contributed by atoms with Crippen LogP contribution in [-0.4, -0.2) is 21.1 Å². The van der Waals surface area contributed by atoms with Gasteiger partial charge in [0.05, 0.1) is 11.7 Å². The second kappa shape index (κ2) is 8.10. The monoisotopic (exact) mass is 382 g/mol. The molecule has 1 amide bonds. The smallest absolute Gasteiger partial charge is 0.270 e. The van der Waals surface area contributed by atoms with Gasteiger partial charge >= 0.3 is 0 Å². The minimum Gasteiger partial charge on any atom is -0.340 e. The van der Waals surface area contributed by atoms with E-state index in [-0.39, 0.29) is 11.9 Å². The van der Waals surface area contributed by atoms with Crippen LogP contribution in [0.15, 0.2) is 79.1 Å². The summed E-state index contributed by atoms with van der Waals surface area (Å²) in [5, 5.41) is 10.5. The normalized spacial score (nSPS) is 11.8. The fourth-order valence-corrected chi connectivity index (χ4v) is 3.51. The molecule has 0 saturated carbocycles. The Balaban J connectivity index is 1.68. The molecular formula is C24H22N4O. The molecule has 0 fully saturated rings. The second-order valence-electron chi connectivity index (χ2n) is 6.98. The summed E-state index contributed by atoms with van der Waals surface area (Å²) in [7, 11) is 0. The summed E-state index contributed by atoms with van der Waals surface area (Å²) in [6, 6.07) is 21.5. The van der Waals surface area contributed by atoms with E-state index in [0.717, 1.165) is 33.5 Å². The molecule has 0 saturated heterocycles.